The Morgan fingerprint density at radius 1 is 1.28 bits per heavy atom. The van der Waals surface area contributed by atoms with E-state index in [9.17, 15) is 23.1 Å². The number of nitrogens with one attached hydrogen (secondary N) is 2. The lowest BCUT2D eigenvalue weighted by atomic mass is 10.1. The first-order chi connectivity index (χ1) is 13.8. The van der Waals surface area contributed by atoms with Crippen molar-refractivity contribution in [2.75, 3.05) is 13.1 Å². The van der Waals surface area contributed by atoms with E-state index >= 15 is 0 Å². The van der Waals surface area contributed by atoms with Crippen molar-refractivity contribution in [3.63, 3.8) is 0 Å². The monoisotopic (exact) mass is 416 g/mol. The van der Waals surface area contributed by atoms with Crippen LogP contribution in [0.3, 0.4) is 0 Å². The lowest BCUT2D eigenvalue weighted by Gasteiger charge is -2.20. The molecule has 2 saturated heterocycles. The zero-order valence-corrected chi connectivity index (χ0v) is 16.2. The Morgan fingerprint density at radius 2 is 2.03 bits per heavy atom. The van der Waals surface area contributed by atoms with Crippen molar-refractivity contribution in [3.8, 4) is 0 Å². The summed E-state index contributed by atoms with van der Waals surface area (Å²) in [6, 6.07) is 5.39. The zero-order valence-electron chi connectivity index (χ0n) is 16.2. The van der Waals surface area contributed by atoms with Crippen LogP contribution in [0.5, 0.6) is 0 Å². The molecule has 1 aromatic carbocycles. The van der Waals surface area contributed by atoms with Crippen molar-refractivity contribution in [3.05, 3.63) is 35.4 Å². The third kappa shape index (κ3) is 5.48. The van der Waals surface area contributed by atoms with Crippen molar-refractivity contribution >= 4 is 5.91 Å². The summed E-state index contributed by atoms with van der Waals surface area (Å²) in [5.41, 5.74) is -0.535. The largest absolute Gasteiger partial charge is 0.416 e. The lowest BCUT2D eigenvalue weighted by Crippen LogP contribution is -2.39. The number of halogens is 3. The van der Waals surface area contributed by atoms with Crippen LogP contribution in [-0.4, -0.2) is 54.6 Å². The molecule has 2 fully saturated rings. The number of carbonyl (C=O) groups is 1. The average molecular weight is 416 g/mol. The Balaban J connectivity index is 1.46. The fraction of sp³-hybridized carbons (Fsp3) is 0.650. The number of amides is 1. The smallest absolute Gasteiger partial charge is 0.388 e. The Bertz CT molecular complexity index is 701. The van der Waals surface area contributed by atoms with Gasteiger partial charge < -0.3 is 25.2 Å². The molecule has 1 amide bonds. The third-order valence-corrected chi connectivity index (χ3v) is 5.25. The van der Waals surface area contributed by atoms with Gasteiger partial charge in [0.05, 0.1) is 30.3 Å². The summed E-state index contributed by atoms with van der Waals surface area (Å²) in [5.74, 6) is -0.0899. The average Bonchev–Trinajstić information content (AvgIpc) is 3.18. The molecule has 1 aromatic rings. The van der Waals surface area contributed by atoms with E-state index in [2.05, 4.69) is 10.6 Å². The van der Waals surface area contributed by atoms with Gasteiger partial charge >= 0.3 is 6.18 Å². The molecule has 0 aliphatic carbocycles. The van der Waals surface area contributed by atoms with Crippen LogP contribution >= 0.6 is 0 Å². The van der Waals surface area contributed by atoms with Gasteiger partial charge in [0, 0.05) is 26.1 Å². The molecular formula is C20H27F3N2O4. The van der Waals surface area contributed by atoms with Crippen molar-refractivity contribution in [2.24, 2.45) is 0 Å². The maximum absolute atomic E-state index is 13.1. The Hall–Kier alpha value is -1.68. The molecule has 0 spiro atoms. The van der Waals surface area contributed by atoms with E-state index in [1.807, 2.05) is 6.92 Å². The van der Waals surface area contributed by atoms with Crippen LogP contribution < -0.4 is 10.6 Å². The van der Waals surface area contributed by atoms with Crippen molar-refractivity contribution in [2.45, 2.75) is 69.4 Å². The molecule has 3 rings (SSSR count). The second kappa shape index (κ2) is 9.42. The quantitative estimate of drug-likeness (QED) is 0.604. The molecule has 0 aromatic heterocycles. The van der Waals surface area contributed by atoms with Crippen LogP contribution in [0.2, 0.25) is 0 Å². The predicted octanol–water partition coefficient (Wildman–Crippen LogP) is 2.00. The number of aliphatic hydroxyl groups is 1. The molecule has 0 radical (unpaired) electrons. The molecule has 9 heteroatoms. The van der Waals surface area contributed by atoms with Gasteiger partial charge in [0.2, 0.25) is 5.91 Å². The number of hydrogen-bond donors (Lipinski definition) is 3. The highest BCUT2D eigenvalue weighted by Crippen LogP contribution is 2.35. The third-order valence-electron chi connectivity index (χ3n) is 5.25. The van der Waals surface area contributed by atoms with Gasteiger partial charge in [-0.25, -0.2) is 0 Å². The van der Waals surface area contributed by atoms with Gasteiger partial charge in [0.1, 0.15) is 12.2 Å². The number of alkyl halides is 3. The van der Waals surface area contributed by atoms with E-state index in [-0.39, 0.29) is 43.2 Å². The molecular weight excluding hydrogens is 389 g/mol. The molecule has 29 heavy (non-hydrogen) atoms. The molecule has 5 unspecified atom stereocenters. The maximum atomic E-state index is 13.1. The molecule has 162 valence electrons. The summed E-state index contributed by atoms with van der Waals surface area (Å²) in [6.45, 7) is 2.80. The minimum atomic E-state index is -4.41. The van der Waals surface area contributed by atoms with Gasteiger partial charge in [-0.2, -0.15) is 13.2 Å². The minimum Gasteiger partial charge on any atom is -0.388 e. The van der Waals surface area contributed by atoms with Gasteiger partial charge in [-0.3, -0.25) is 4.79 Å². The van der Waals surface area contributed by atoms with Crippen molar-refractivity contribution in [1.29, 1.82) is 0 Å². The van der Waals surface area contributed by atoms with Crippen LogP contribution in [0.15, 0.2) is 24.3 Å². The molecule has 6 nitrogen and oxygen atoms in total. The molecule has 2 aliphatic rings. The molecule has 0 bridgehead atoms. The number of ether oxygens (including phenoxy) is 2. The zero-order chi connectivity index (χ0) is 21.0. The second-order valence-electron chi connectivity index (χ2n) is 7.50. The van der Waals surface area contributed by atoms with Crippen LogP contribution in [0.25, 0.3) is 0 Å². The summed E-state index contributed by atoms with van der Waals surface area (Å²) >= 11 is 0. The molecule has 2 heterocycles. The van der Waals surface area contributed by atoms with E-state index < -0.39 is 30.1 Å². The lowest BCUT2D eigenvalue weighted by molar-refractivity contribution is -0.138. The van der Waals surface area contributed by atoms with Gasteiger partial charge in [0.15, 0.2) is 0 Å². The number of hydrogen-bond acceptors (Lipinski definition) is 5. The highest BCUT2D eigenvalue weighted by molar-refractivity contribution is 5.76. The first-order valence-corrected chi connectivity index (χ1v) is 9.91. The summed E-state index contributed by atoms with van der Waals surface area (Å²) < 4.78 is 50.8. The molecule has 0 saturated carbocycles. The van der Waals surface area contributed by atoms with Crippen molar-refractivity contribution in [1.82, 2.24) is 10.6 Å². The van der Waals surface area contributed by atoms with Crippen LogP contribution in [0, 0.1) is 0 Å². The summed E-state index contributed by atoms with van der Waals surface area (Å²) in [4.78, 5) is 11.8. The van der Waals surface area contributed by atoms with Crippen molar-refractivity contribution < 1.29 is 32.5 Å². The molecule has 3 N–H and O–H groups in total. The number of aliphatic hydroxyl groups excluding tert-OH is 1. The van der Waals surface area contributed by atoms with Gasteiger partial charge in [-0.05, 0) is 18.1 Å². The number of carbonyl (C=O) groups excluding carboxylic acids is 1. The summed E-state index contributed by atoms with van der Waals surface area (Å²) in [6.07, 6.45) is -5.43. The van der Waals surface area contributed by atoms with Gasteiger partial charge in [-0.15, -0.1) is 0 Å². The van der Waals surface area contributed by atoms with E-state index in [0.717, 1.165) is 12.5 Å². The van der Waals surface area contributed by atoms with E-state index in [1.165, 1.54) is 12.1 Å². The number of rotatable bonds is 8. The standard InChI is InChI=1S/C20H27F3N2O4/c1-2-7-25-17(26)9-13-8-15-19(28-13)18(27)16(29-15)11-24-10-12-5-3-4-6-14(12)20(21,22)23/h3-6,13,15-16,18-19,24,27H,2,7-11H2,1H3,(H,25,26). The van der Waals surface area contributed by atoms with E-state index in [4.69, 9.17) is 9.47 Å². The Labute approximate surface area is 167 Å². The van der Waals surface area contributed by atoms with Crippen LogP contribution in [0.1, 0.15) is 37.3 Å². The summed E-state index contributed by atoms with van der Waals surface area (Å²) in [7, 11) is 0. The number of benzene rings is 1. The van der Waals surface area contributed by atoms with Crippen LogP contribution in [0.4, 0.5) is 13.2 Å². The van der Waals surface area contributed by atoms with E-state index in [0.29, 0.717) is 13.0 Å². The fourth-order valence-corrected chi connectivity index (χ4v) is 3.85. The minimum absolute atomic E-state index is 0.0126. The molecule has 5 atom stereocenters. The predicted molar refractivity (Wildman–Crippen MR) is 99.0 cm³/mol. The van der Waals surface area contributed by atoms with Gasteiger partial charge in [0.25, 0.3) is 0 Å². The van der Waals surface area contributed by atoms with Crippen LogP contribution in [-0.2, 0) is 27.0 Å². The Kier molecular flexibility index (Phi) is 7.15. The van der Waals surface area contributed by atoms with E-state index in [1.54, 1.807) is 6.07 Å². The summed E-state index contributed by atoms with van der Waals surface area (Å²) in [5, 5.41) is 16.2. The first kappa shape index (κ1) is 22.0. The SMILES string of the molecule is CCCNC(=O)CC1CC2OC(CNCc3ccccc3C(F)(F)F)C(O)C2O1. The molecule has 2 aliphatic heterocycles. The maximum Gasteiger partial charge on any atom is 0.416 e. The van der Waals surface area contributed by atoms with Gasteiger partial charge in [-0.1, -0.05) is 25.1 Å². The topological polar surface area (TPSA) is 79.8 Å². The Morgan fingerprint density at radius 3 is 2.72 bits per heavy atom. The first-order valence-electron chi connectivity index (χ1n) is 9.91. The number of fused-ring (bicyclic) bond motifs is 1. The normalized spacial score (nSPS) is 29.1. The highest BCUT2D eigenvalue weighted by atomic mass is 19.4. The second-order valence-corrected chi connectivity index (χ2v) is 7.50. The fourth-order valence-electron chi connectivity index (χ4n) is 3.85. The highest BCUT2D eigenvalue weighted by Gasteiger charge is 2.50.